The zero-order valence-corrected chi connectivity index (χ0v) is 9.40. The third-order valence-corrected chi connectivity index (χ3v) is 2.91. The van der Waals surface area contributed by atoms with E-state index in [1.807, 2.05) is 12.4 Å². The van der Waals surface area contributed by atoms with E-state index in [0.717, 1.165) is 18.5 Å². The minimum atomic E-state index is 0.0266. The van der Waals surface area contributed by atoms with Crippen LogP contribution in [0.1, 0.15) is 24.4 Å². The Morgan fingerprint density at radius 2 is 2.50 bits per heavy atom. The number of hydrogen-bond donors (Lipinski definition) is 0. The summed E-state index contributed by atoms with van der Waals surface area (Å²) in [5.74, 6) is 6.08. The topological polar surface area (TPSA) is 25.2 Å². The van der Waals surface area contributed by atoms with Gasteiger partial charge in [0.1, 0.15) is 6.04 Å². The molecule has 1 atom stereocenters. The van der Waals surface area contributed by atoms with Gasteiger partial charge in [-0.3, -0.25) is 4.99 Å². The van der Waals surface area contributed by atoms with Crippen molar-refractivity contribution in [3.05, 3.63) is 16.1 Å². The molecule has 3 heteroatoms. The minimum Gasteiger partial charge on any atom is -0.285 e. The van der Waals surface area contributed by atoms with Crippen LogP contribution in [-0.4, -0.2) is 17.7 Å². The van der Waals surface area contributed by atoms with Crippen LogP contribution in [0.3, 0.4) is 0 Å². The van der Waals surface area contributed by atoms with Gasteiger partial charge in [-0.1, -0.05) is 18.8 Å². The predicted octanol–water partition coefficient (Wildman–Crippen LogP) is 2.34. The second-order valence-corrected chi connectivity index (χ2v) is 3.87. The smallest absolute Gasteiger partial charge is 0.107 e. The summed E-state index contributed by atoms with van der Waals surface area (Å²) < 4.78 is 0. The first-order chi connectivity index (χ1) is 6.77. The first-order valence-corrected chi connectivity index (χ1v) is 5.51. The van der Waals surface area contributed by atoms with Crippen molar-refractivity contribution in [2.45, 2.75) is 32.7 Å². The summed E-state index contributed by atoms with van der Waals surface area (Å²) in [6.07, 6.45) is 1.77. The maximum Gasteiger partial charge on any atom is 0.107 e. The molecule has 1 aromatic heterocycles. The lowest BCUT2D eigenvalue weighted by atomic mass is 10.2. The number of aryl methyl sites for hydroxylation is 1. The zero-order chi connectivity index (χ0) is 10.4. The standard InChI is InChI=1S/C11H14N2S/c1-4-11-10(13-8-14-11)7-5-6-9(2)12-3/h8-9H,3-4,7H2,1-2H3. The molecule has 0 aliphatic carbocycles. The normalized spacial score (nSPS) is 11.6. The van der Waals surface area contributed by atoms with Gasteiger partial charge < -0.3 is 0 Å². The Balaban J connectivity index is 2.59. The highest BCUT2D eigenvalue weighted by Crippen LogP contribution is 2.13. The van der Waals surface area contributed by atoms with Crippen LogP contribution in [0.15, 0.2) is 10.5 Å². The summed E-state index contributed by atoms with van der Waals surface area (Å²) >= 11 is 1.70. The maximum absolute atomic E-state index is 4.28. The summed E-state index contributed by atoms with van der Waals surface area (Å²) in [5, 5.41) is 0. The molecule has 0 aromatic carbocycles. The average molecular weight is 206 g/mol. The number of aromatic nitrogens is 1. The molecule has 1 aromatic rings. The lowest BCUT2D eigenvalue weighted by molar-refractivity contribution is 0.967. The molecule has 74 valence electrons. The molecule has 0 spiro atoms. The molecule has 0 fully saturated rings. The lowest BCUT2D eigenvalue weighted by Crippen LogP contribution is -1.92. The fourth-order valence-electron chi connectivity index (χ4n) is 1.05. The molecule has 0 saturated heterocycles. The van der Waals surface area contributed by atoms with Crippen molar-refractivity contribution in [3.63, 3.8) is 0 Å². The van der Waals surface area contributed by atoms with Crippen molar-refractivity contribution in [2.24, 2.45) is 4.99 Å². The summed E-state index contributed by atoms with van der Waals surface area (Å²) in [4.78, 5) is 9.42. The summed E-state index contributed by atoms with van der Waals surface area (Å²) in [5.41, 5.74) is 2.99. The Morgan fingerprint density at radius 1 is 1.71 bits per heavy atom. The highest BCUT2D eigenvalue weighted by atomic mass is 32.1. The van der Waals surface area contributed by atoms with E-state index in [1.54, 1.807) is 11.3 Å². The van der Waals surface area contributed by atoms with Gasteiger partial charge in [-0.25, -0.2) is 4.98 Å². The van der Waals surface area contributed by atoms with Crippen LogP contribution >= 0.6 is 11.3 Å². The van der Waals surface area contributed by atoms with Crippen molar-refractivity contribution >= 4 is 18.1 Å². The van der Waals surface area contributed by atoms with Crippen LogP contribution in [0.25, 0.3) is 0 Å². The SMILES string of the molecule is C=NC(C)C#CCc1ncsc1CC. The third-order valence-electron chi connectivity index (χ3n) is 1.89. The molecule has 0 saturated carbocycles. The van der Waals surface area contributed by atoms with Gasteiger partial charge in [0, 0.05) is 4.88 Å². The number of aliphatic imine (C=N–C) groups is 1. The highest BCUT2D eigenvalue weighted by molar-refractivity contribution is 7.09. The fourth-order valence-corrected chi connectivity index (χ4v) is 1.79. The van der Waals surface area contributed by atoms with Gasteiger partial charge in [0.2, 0.25) is 0 Å². The average Bonchev–Trinajstić information content (AvgIpc) is 2.65. The van der Waals surface area contributed by atoms with E-state index in [1.165, 1.54) is 4.88 Å². The van der Waals surface area contributed by atoms with Crippen molar-refractivity contribution in [2.75, 3.05) is 0 Å². The first-order valence-electron chi connectivity index (χ1n) is 4.63. The second-order valence-electron chi connectivity index (χ2n) is 2.93. The van der Waals surface area contributed by atoms with Crippen LogP contribution < -0.4 is 0 Å². The van der Waals surface area contributed by atoms with Gasteiger partial charge in [0.15, 0.2) is 0 Å². The zero-order valence-electron chi connectivity index (χ0n) is 8.58. The van der Waals surface area contributed by atoms with Crippen molar-refractivity contribution in [3.8, 4) is 11.8 Å². The molecule has 0 radical (unpaired) electrons. The van der Waals surface area contributed by atoms with E-state index in [-0.39, 0.29) is 6.04 Å². The summed E-state index contributed by atoms with van der Waals surface area (Å²) in [6.45, 7) is 7.51. The quantitative estimate of drug-likeness (QED) is 0.550. The fraction of sp³-hybridized carbons (Fsp3) is 0.455. The Kier molecular flexibility index (Phi) is 4.34. The summed E-state index contributed by atoms with van der Waals surface area (Å²) in [6, 6.07) is 0.0266. The largest absolute Gasteiger partial charge is 0.285 e. The Bertz CT molecular complexity index is 357. The van der Waals surface area contributed by atoms with Gasteiger partial charge >= 0.3 is 0 Å². The lowest BCUT2D eigenvalue weighted by Gasteiger charge is -1.93. The molecule has 0 aliphatic rings. The number of rotatable bonds is 3. The monoisotopic (exact) mass is 206 g/mol. The van der Waals surface area contributed by atoms with Crippen LogP contribution in [-0.2, 0) is 12.8 Å². The molecular weight excluding hydrogens is 192 g/mol. The van der Waals surface area contributed by atoms with E-state index in [4.69, 9.17) is 0 Å². The third kappa shape index (κ3) is 2.97. The molecule has 0 aliphatic heterocycles. The van der Waals surface area contributed by atoms with E-state index < -0.39 is 0 Å². The number of thiazole rings is 1. The Labute approximate surface area is 89.1 Å². The molecule has 2 nitrogen and oxygen atoms in total. The maximum atomic E-state index is 4.28. The van der Waals surface area contributed by atoms with Crippen LogP contribution in [0.4, 0.5) is 0 Å². The second kappa shape index (κ2) is 5.56. The molecule has 1 heterocycles. The minimum absolute atomic E-state index is 0.0266. The van der Waals surface area contributed by atoms with Crippen molar-refractivity contribution in [1.82, 2.24) is 4.98 Å². The van der Waals surface area contributed by atoms with Crippen LogP contribution in [0.2, 0.25) is 0 Å². The van der Waals surface area contributed by atoms with E-state index in [9.17, 15) is 0 Å². The van der Waals surface area contributed by atoms with Crippen LogP contribution in [0, 0.1) is 11.8 Å². The van der Waals surface area contributed by atoms with E-state index in [2.05, 4.69) is 35.5 Å². The molecule has 0 amide bonds. The molecule has 0 bridgehead atoms. The number of nitrogens with zero attached hydrogens (tertiary/aromatic N) is 2. The molecule has 14 heavy (non-hydrogen) atoms. The van der Waals surface area contributed by atoms with Gasteiger partial charge in [0.25, 0.3) is 0 Å². The van der Waals surface area contributed by atoms with Gasteiger partial charge in [-0.15, -0.1) is 11.3 Å². The Morgan fingerprint density at radius 3 is 3.14 bits per heavy atom. The van der Waals surface area contributed by atoms with E-state index >= 15 is 0 Å². The van der Waals surface area contributed by atoms with Gasteiger partial charge in [-0.05, 0) is 20.1 Å². The number of hydrogen-bond acceptors (Lipinski definition) is 3. The molecule has 1 unspecified atom stereocenters. The first kappa shape index (κ1) is 10.9. The summed E-state index contributed by atoms with van der Waals surface area (Å²) in [7, 11) is 0. The molecule has 0 N–H and O–H groups in total. The highest BCUT2D eigenvalue weighted by Gasteiger charge is 2.01. The van der Waals surface area contributed by atoms with Gasteiger partial charge in [0.05, 0.1) is 17.6 Å². The van der Waals surface area contributed by atoms with Crippen molar-refractivity contribution < 1.29 is 0 Å². The van der Waals surface area contributed by atoms with Crippen LogP contribution in [0.5, 0.6) is 0 Å². The van der Waals surface area contributed by atoms with E-state index in [0.29, 0.717) is 0 Å². The van der Waals surface area contributed by atoms with Crippen molar-refractivity contribution in [1.29, 1.82) is 0 Å². The Hall–Kier alpha value is -1.14. The molecular formula is C11H14N2S. The van der Waals surface area contributed by atoms with Gasteiger partial charge in [-0.2, -0.15) is 0 Å². The molecule has 1 rings (SSSR count). The predicted molar refractivity (Wildman–Crippen MR) is 62.0 cm³/mol.